The average Bonchev–Trinajstić information content (AvgIpc) is 3.69. The van der Waals surface area contributed by atoms with Gasteiger partial charge in [0.15, 0.2) is 0 Å². The van der Waals surface area contributed by atoms with Gasteiger partial charge in [0.05, 0.1) is 6.67 Å². The van der Waals surface area contributed by atoms with E-state index < -0.39 is 0 Å². The van der Waals surface area contributed by atoms with E-state index in [2.05, 4.69) is 43.3 Å². The Morgan fingerprint density at radius 3 is 2.55 bits per heavy atom. The summed E-state index contributed by atoms with van der Waals surface area (Å²) in [5.41, 5.74) is 3.06. The highest BCUT2D eigenvalue weighted by atomic mass is 32.1. The fourth-order valence-corrected chi connectivity index (χ4v) is 5.70. The number of anilines is 1. The number of aryl methyl sites for hydroxylation is 1. The first-order valence-electron chi connectivity index (χ1n) is 11.6. The van der Waals surface area contributed by atoms with Crippen LogP contribution in [-0.4, -0.2) is 38.4 Å². The summed E-state index contributed by atoms with van der Waals surface area (Å²) in [6, 6.07) is 10.8. The van der Waals surface area contributed by atoms with E-state index in [0.29, 0.717) is 18.1 Å². The van der Waals surface area contributed by atoms with Gasteiger partial charge < -0.3 is 4.90 Å². The first kappa shape index (κ1) is 18.1. The molecule has 1 saturated heterocycles. The predicted molar refractivity (Wildman–Crippen MR) is 118 cm³/mol. The Balaban J connectivity index is 1.32. The minimum absolute atomic E-state index is 0.519. The van der Waals surface area contributed by atoms with E-state index in [1.54, 1.807) is 0 Å². The molecule has 2 saturated carbocycles. The number of fused-ring (bicyclic) bond motifs is 1. The smallest absolute Gasteiger partial charge is 0.226 e. The van der Waals surface area contributed by atoms with Crippen LogP contribution in [0.2, 0.25) is 0 Å². The van der Waals surface area contributed by atoms with E-state index in [1.165, 1.54) is 68.9 Å². The van der Waals surface area contributed by atoms with Gasteiger partial charge in [-0.25, -0.2) is 4.68 Å². The maximum Gasteiger partial charge on any atom is 0.226 e. The SMILES string of the molecule is S=c1n(CN(C2CC2)C2CCc3ccccc32)nc(N2CCCCC2)n1C1CC1. The molecule has 6 heteroatoms. The zero-order valence-corrected chi connectivity index (χ0v) is 18.0. The Hall–Kier alpha value is -1.66. The number of hydrogen-bond donors (Lipinski definition) is 0. The molecule has 0 radical (unpaired) electrons. The topological polar surface area (TPSA) is 29.2 Å². The van der Waals surface area contributed by atoms with Crippen molar-refractivity contribution in [3.8, 4) is 0 Å². The Morgan fingerprint density at radius 2 is 1.79 bits per heavy atom. The molecule has 1 aliphatic heterocycles. The van der Waals surface area contributed by atoms with E-state index in [-0.39, 0.29) is 0 Å². The van der Waals surface area contributed by atoms with Crippen molar-refractivity contribution in [2.45, 2.75) is 82.6 Å². The molecule has 0 bridgehead atoms. The number of rotatable bonds is 6. The molecule has 29 heavy (non-hydrogen) atoms. The van der Waals surface area contributed by atoms with Crippen LogP contribution in [0.3, 0.4) is 0 Å². The molecule has 154 valence electrons. The molecule has 2 aromatic rings. The summed E-state index contributed by atoms with van der Waals surface area (Å²) in [5, 5.41) is 5.13. The molecule has 5 nitrogen and oxygen atoms in total. The lowest BCUT2D eigenvalue weighted by Crippen LogP contribution is -2.33. The third-order valence-corrected chi connectivity index (χ3v) is 7.63. The Bertz CT molecular complexity index is 948. The number of benzene rings is 1. The van der Waals surface area contributed by atoms with Gasteiger partial charge in [-0.1, -0.05) is 24.3 Å². The van der Waals surface area contributed by atoms with Crippen molar-refractivity contribution in [2.24, 2.45) is 0 Å². The zero-order valence-electron chi connectivity index (χ0n) is 17.2. The van der Waals surface area contributed by atoms with Gasteiger partial charge in [0.1, 0.15) is 0 Å². The number of piperidine rings is 1. The Morgan fingerprint density at radius 1 is 1.00 bits per heavy atom. The van der Waals surface area contributed by atoms with E-state index in [0.717, 1.165) is 30.5 Å². The fourth-order valence-electron chi connectivity index (χ4n) is 5.37. The highest BCUT2D eigenvalue weighted by Crippen LogP contribution is 2.43. The maximum absolute atomic E-state index is 5.99. The van der Waals surface area contributed by atoms with Gasteiger partial charge in [-0.05, 0) is 81.1 Å². The minimum atomic E-state index is 0.519. The van der Waals surface area contributed by atoms with Crippen LogP contribution in [0.5, 0.6) is 0 Å². The molecule has 0 N–H and O–H groups in total. The maximum atomic E-state index is 5.99. The van der Waals surface area contributed by atoms with Gasteiger partial charge in [0, 0.05) is 31.2 Å². The van der Waals surface area contributed by atoms with Crippen molar-refractivity contribution in [1.29, 1.82) is 0 Å². The van der Waals surface area contributed by atoms with Crippen LogP contribution in [0, 0.1) is 4.77 Å². The van der Waals surface area contributed by atoms with Crippen LogP contribution in [0.15, 0.2) is 24.3 Å². The van der Waals surface area contributed by atoms with E-state index in [4.69, 9.17) is 17.3 Å². The van der Waals surface area contributed by atoms with Crippen LogP contribution < -0.4 is 4.90 Å². The van der Waals surface area contributed by atoms with E-state index in [9.17, 15) is 0 Å². The van der Waals surface area contributed by atoms with Crippen molar-refractivity contribution < 1.29 is 0 Å². The molecule has 1 unspecified atom stereocenters. The monoisotopic (exact) mass is 409 g/mol. The number of hydrogen-bond acceptors (Lipinski definition) is 4. The van der Waals surface area contributed by atoms with Crippen molar-refractivity contribution >= 4 is 18.2 Å². The third-order valence-electron chi connectivity index (χ3n) is 7.22. The normalized spacial score (nSPS) is 24.3. The zero-order chi connectivity index (χ0) is 19.4. The van der Waals surface area contributed by atoms with Gasteiger partial charge >= 0.3 is 0 Å². The Labute approximate surface area is 178 Å². The Kier molecular flexibility index (Phi) is 4.53. The second kappa shape index (κ2) is 7.24. The van der Waals surface area contributed by atoms with Gasteiger partial charge in [-0.15, -0.1) is 5.10 Å². The molecule has 1 atom stereocenters. The van der Waals surface area contributed by atoms with Crippen LogP contribution in [0.4, 0.5) is 5.95 Å². The molecule has 2 heterocycles. The second-order valence-electron chi connectivity index (χ2n) is 9.37. The largest absolute Gasteiger partial charge is 0.341 e. The van der Waals surface area contributed by atoms with E-state index in [1.807, 2.05) is 0 Å². The van der Waals surface area contributed by atoms with Gasteiger partial charge in [0.2, 0.25) is 10.7 Å². The molecule has 1 aromatic heterocycles. The third kappa shape index (κ3) is 3.34. The minimum Gasteiger partial charge on any atom is -0.341 e. The molecule has 6 rings (SSSR count). The van der Waals surface area contributed by atoms with Gasteiger partial charge in [0.25, 0.3) is 0 Å². The van der Waals surface area contributed by atoms with E-state index >= 15 is 0 Å². The molecule has 0 amide bonds. The standard InChI is InChI=1S/C23H31N5S/c29-23-27(24-22(28(23)19-11-12-19)25-14-4-1-5-15-25)16-26(18-9-10-18)21-13-8-17-6-2-3-7-20(17)21/h2-3,6-7,18-19,21H,1,4-5,8-16H2. The first-order valence-corrected chi connectivity index (χ1v) is 12.0. The first-order chi connectivity index (χ1) is 14.3. The number of nitrogens with zero attached hydrogens (tertiary/aromatic N) is 5. The molecular formula is C23H31N5S. The highest BCUT2D eigenvalue weighted by Gasteiger charge is 2.38. The summed E-state index contributed by atoms with van der Waals surface area (Å²) in [4.78, 5) is 5.19. The number of aromatic nitrogens is 3. The van der Waals surface area contributed by atoms with Crippen molar-refractivity contribution in [3.05, 3.63) is 40.2 Å². The molecule has 4 aliphatic rings. The summed E-state index contributed by atoms with van der Waals surface area (Å²) in [5.74, 6) is 1.14. The predicted octanol–water partition coefficient (Wildman–Crippen LogP) is 4.85. The van der Waals surface area contributed by atoms with Gasteiger partial charge in [-0.3, -0.25) is 9.47 Å². The van der Waals surface area contributed by atoms with Crippen LogP contribution >= 0.6 is 12.2 Å². The summed E-state index contributed by atoms with van der Waals surface area (Å²) in [7, 11) is 0. The summed E-state index contributed by atoms with van der Waals surface area (Å²) in [6.45, 7) is 3.09. The fraction of sp³-hybridized carbons (Fsp3) is 0.652. The van der Waals surface area contributed by atoms with Crippen LogP contribution in [0.25, 0.3) is 0 Å². The lowest BCUT2D eigenvalue weighted by atomic mass is 10.1. The summed E-state index contributed by atoms with van der Waals surface area (Å²) in [6.07, 6.45) is 11.5. The highest BCUT2D eigenvalue weighted by molar-refractivity contribution is 7.71. The molecule has 3 fully saturated rings. The van der Waals surface area contributed by atoms with Gasteiger partial charge in [-0.2, -0.15) is 0 Å². The quantitative estimate of drug-likeness (QED) is 0.638. The molecule has 3 aliphatic carbocycles. The second-order valence-corrected chi connectivity index (χ2v) is 9.74. The molecule has 0 spiro atoms. The van der Waals surface area contributed by atoms with Crippen LogP contribution in [-0.2, 0) is 13.1 Å². The molecule has 1 aromatic carbocycles. The lowest BCUT2D eigenvalue weighted by molar-refractivity contribution is 0.131. The van der Waals surface area contributed by atoms with Crippen LogP contribution in [0.1, 0.15) is 74.6 Å². The molecular weight excluding hydrogens is 378 g/mol. The summed E-state index contributed by atoms with van der Waals surface area (Å²) >= 11 is 5.99. The van der Waals surface area contributed by atoms with Crippen molar-refractivity contribution in [1.82, 2.24) is 19.2 Å². The summed E-state index contributed by atoms with van der Waals surface area (Å²) < 4.78 is 5.47. The lowest BCUT2D eigenvalue weighted by Gasteiger charge is -2.29. The van der Waals surface area contributed by atoms with Crippen molar-refractivity contribution in [3.63, 3.8) is 0 Å². The average molecular weight is 410 g/mol. The van der Waals surface area contributed by atoms with Crippen molar-refractivity contribution in [2.75, 3.05) is 18.0 Å².